The molecule has 1 fully saturated rings. The van der Waals surface area contributed by atoms with Crippen molar-refractivity contribution in [3.8, 4) is 5.69 Å². The normalized spacial score (nSPS) is 16.8. The van der Waals surface area contributed by atoms with Crippen molar-refractivity contribution in [2.24, 2.45) is 0 Å². The maximum absolute atomic E-state index is 13.0. The van der Waals surface area contributed by atoms with Crippen molar-refractivity contribution in [3.05, 3.63) is 72.1 Å². The lowest BCUT2D eigenvalue weighted by Gasteiger charge is -2.26. The van der Waals surface area contributed by atoms with E-state index >= 15 is 0 Å². The molecule has 0 atom stereocenters. The number of hydrogen-bond donors (Lipinski definition) is 0. The standard InChI is InChI=1S/C24H26N4O3S/c29-24(15-19-17-25-28(18-19)21-7-3-1-4-8-21)27-14-11-20-16-22(9-10-23(20)27)32(30,31)26-12-5-2-6-13-26/h1,3-4,7-10,16-18H,2,5-6,11-15H2. The SMILES string of the molecule is O=C(Cc1cnn(-c2ccccc2)c1)N1CCc2cc(S(=O)(=O)N3CCCCC3)ccc21. The van der Waals surface area contributed by atoms with Crippen LogP contribution in [-0.2, 0) is 27.7 Å². The van der Waals surface area contributed by atoms with Gasteiger partial charge in [0.15, 0.2) is 0 Å². The van der Waals surface area contributed by atoms with Crippen LogP contribution in [0, 0.1) is 0 Å². The highest BCUT2D eigenvalue weighted by Crippen LogP contribution is 2.32. The fraction of sp³-hybridized carbons (Fsp3) is 0.333. The number of hydrogen-bond acceptors (Lipinski definition) is 4. The van der Waals surface area contributed by atoms with E-state index in [2.05, 4.69) is 5.10 Å². The van der Waals surface area contributed by atoms with E-state index in [-0.39, 0.29) is 12.3 Å². The van der Waals surface area contributed by atoms with E-state index in [1.54, 1.807) is 38.3 Å². The number of benzene rings is 2. The third kappa shape index (κ3) is 3.96. The highest BCUT2D eigenvalue weighted by Gasteiger charge is 2.30. The van der Waals surface area contributed by atoms with E-state index in [4.69, 9.17) is 0 Å². The smallest absolute Gasteiger partial charge is 0.243 e. The van der Waals surface area contributed by atoms with Gasteiger partial charge in [0.05, 0.1) is 23.2 Å². The number of nitrogens with zero attached hydrogens (tertiary/aromatic N) is 4. The molecule has 2 aromatic carbocycles. The summed E-state index contributed by atoms with van der Waals surface area (Å²) < 4.78 is 29.3. The second kappa shape index (κ2) is 8.52. The van der Waals surface area contributed by atoms with Crippen LogP contribution < -0.4 is 4.90 Å². The molecule has 32 heavy (non-hydrogen) atoms. The van der Waals surface area contributed by atoms with Gasteiger partial charge in [-0.2, -0.15) is 9.40 Å². The van der Waals surface area contributed by atoms with Crippen LogP contribution in [0.5, 0.6) is 0 Å². The first-order valence-corrected chi connectivity index (χ1v) is 12.5. The van der Waals surface area contributed by atoms with Crippen LogP contribution in [0.3, 0.4) is 0 Å². The van der Waals surface area contributed by atoms with Gasteiger partial charge in [0.25, 0.3) is 0 Å². The summed E-state index contributed by atoms with van der Waals surface area (Å²) in [5, 5.41) is 4.37. The molecule has 3 heterocycles. The number of carbonyl (C=O) groups is 1. The summed E-state index contributed by atoms with van der Waals surface area (Å²) >= 11 is 0. The largest absolute Gasteiger partial charge is 0.312 e. The van der Waals surface area contributed by atoms with Crippen molar-refractivity contribution in [2.75, 3.05) is 24.5 Å². The van der Waals surface area contributed by atoms with E-state index in [9.17, 15) is 13.2 Å². The Morgan fingerprint density at radius 2 is 1.75 bits per heavy atom. The number of rotatable bonds is 5. The highest BCUT2D eigenvalue weighted by atomic mass is 32.2. The van der Waals surface area contributed by atoms with Gasteiger partial charge < -0.3 is 4.90 Å². The molecule has 166 valence electrons. The number of piperidine rings is 1. The molecule has 0 radical (unpaired) electrons. The van der Waals surface area contributed by atoms with E-state index in [1.165, 1.54) is 0 Å². The zero-order valence-corrected chi connectivity index (χ0v) is 18.7. The molecule has 2 aliphatic heterocycles. The molecule has 8 heteroatoms. The van der Waals surface area contributed by atoms with Gasteiger partial charge in [-0.05, 0) is 60.7 Å². The lowest BCUT2D eigenvalue weighted by atomic mass is 10.1. The molecule has 0 N–H and O–H groups in total. The summed E-state index contributed by atoms with van der Waals surface area (Å²) in [6.45, 7) is 1.73. The van der Waals surface area contributed by atoms with E-state index in [0.717, 1.165) is 41.8 Å². The van der Waals surface area contributed by atoms with Gasteiger partial charge in [-0.1, -0.05) is 24.6 Å². The number of aromatic nitrogens is 2. The highest BCUT2D eigenvalue weighted by molar-refractivity contribution is 7.89. The number of sulfonamides is 1. The molecule has 1 saturated heterocycles. The summed E-state index contributed by atoms with van der Waals surface area (Å²) in [6.07, 6.45) is 7.40. The summed E-state index contributed by atoms with van der Waals surface area (Å²) in [6, 6.07) is 14.9. The molecular weight excluding hydrogens is 424 g/mol. The Morgan fingerprint density at radius 1 is 0.969 bits per heavy atom. The number of amides is 1. The van der Waals surface area contributed by atoms with Crippen LogP contribution in [0.15, 0.2) is 65.8 Å². The minimum Gasteiger partial charge on any atom is -0.312 e. The molecule has 2 aliphatic rings. The Bertz CT molecular complexity index is 1230. The van der Waals surface area contributed by atoms with Crippen molar-refractivity contribution in [1.29, 1.82) is 0 Å². The fourth-order valence-electron chi connectivity index (χ4n) is 4.50. The molecule has 7 nitrogen and oxygen atoms in total. The maximum Gasteiger partial charge on any atom is 0.243 e. The molecule has 0 saturated carbocycles. The second-order valence-corrected chi connectivity index (χ2v) is 10.3. The van der Waals surface area contributed by atoms with Gasteiger partial charge in [0, 0.05) is 31.5 Å². The van der Waals surface area contributed by atoms with Crippen LogP contribution in [0.1, 0.15) is 30.4 Å². The lowest BCUT2D eigenvalue weighted by Crippen LogP contribution is -2.35. The van der Waals surface area contributed by atoms with Gasteiger partial charge in [-0.3, -0.25) is 4.79 Å². The van der Waals surface area contributed by atoms with Crippen molar-refractivity contribution in [1.82, 2.24) is 14.1 Å². The Kier molecular flexibility index (Phi) is 5.57. The van der Waals surface area contributed by atoms with Gasteiger partial charge in [-0.15, -0.1) is 0 Å². The van der Waals surface area contributed by atoms with E-state index in [1.807, 2.05) is 36.5 Å². The van der Waals surface area contributed by atoms with E-state index < -0.39 is 10.0 Å². The number of carbonyl (C=O) groups excluding carboxylic acids is 1. The summed E-state index contributed by atoms with van der Waals surface area (Å²) in [5.74, 6) is -0.0111. The zero-order chi connectivity index (χ0) is 22.1. The Hall–Kier alpha value is -2.97. The van der Waals surface area contributed by atoms with Crippen LogP contribution in [0.2, 0.25) is 0 Å². The van der Waals surface area contributed by atoms with Crippen molar-refractivity contribution in [2.45, 2.75) is 37.0 Å². The van der Waals surface area contributed by atoms with Gasteiger partial charge in [-0.25, -0.2) is 13.1 Å². The Balaban J connectivity index is 1.31. The van der Waals surface area contributed by atoms with E-state index in [0.29, 0.717) is 31.0 Å². The first-order valence-electron chi connectivity index (χ1n) is 11.0. The first kappa shape index (κ1) is 20.9. The monoisotopic (exact) mass is 450 g/mol. The van der Waals surface area contributed by atoms with Crippen LogP contribution in [0.25, 0.3) is 5.69 Å². The number of fused-ring (bicyclic) bond motifs is 1. The van der Waals surface area contributed by atoms with Crippen molar-refractivity contribution < 1.29 is 13.2 Å². The maximum atomic E-state index is 13.0. The van der Waals surface area contributed by atoms with Gasteiger partial charge in [0.2, 0.25) is 15.9 Å². The predicted molar refractivity (Wildman–Crippen MR) is 122 cm³/mol. The topological polar surface area (TPSA) is 75.5 Å². The molecule has 0 aliphatic carbocycles. The molecule has 1 aromatic heterocycles. The third-order valence-corrected chi connectivity index (χ3v) is 8.11. The Labute approximate surface area is 188 Å². The van der Waals surface area contributed by atoms with Gasteiger partial charge in [0.1, 0.15) is 0 Å². The third-order valence-electron chi connectivity index (χ3n) is 6.21. The molecule has 3 aromatic rings. The minimum absolute atomic E-state index is 0.0111. The van der Waals surface area contributed by atoms with Crippen molar-refractivity contribution in [3.63, 3.8) is 0 Å². The minimum atomic E-state index is -3.47. The second-order valence-electron chi connectivity index (χ2n) is 8.36. The number of anilines is 1. The molecular formula is C24H26N4O3S. The molecule has 1 amide bonds. The van der Waals surface area contributed by atoms with Gasteiger partial charge >= 0.3 is 0 Å². The Morgan fingerprint density at radius 3 is 2.53 bits per heavy atom. The average molecular weight is 451 g/mol. The first-order chi connectivity index (χ1) is 15.5. The lowest BCUT2D eigenvalue weighted by molar-refractivity contribution is -0.117. The number of para-hydroxylation sites is 1. The van der Waals surface area contributed by atoms with Crippen LogP contribution in [0.4, 0.5) is 5.69 Å². The summed E-state index contributed by atoms with van der Waals surface area (Å²) in [7, 11) is -3.47. The fourth-order valence-corrected chi connectivity index (χ4v) is 6.06. The molecule has 0 bridgehead atoms. The van der Waals surface area contributed by atoms with Crippen LogP contribution >= 0.6 is 0 Å². The molecule has 5 rings (SSSR count). The quantitative estimate of drug-likeness (QED) is 0.598. The summed E-state index contributed by atoms with van der Waals surface area (Å²) in [4.78, 5) is 15.1. The molecule has 0 spiro atoms. The van der Waals surface area contributed by atoms with Crippen LogP contribution in [-0.4, -0.2) is 48.0 Å². The van der Waals surface area contributed by atoms with Crippen molar-refractivity contribution >= 4 is 21.6 Å². The average Bonchev–Trinajstić information content (AvgIpc) is 3.47. The summed E-state index contributed by atoms with van der Waals surface area (Å²) in [5.41, 5.74) is 3.51. The molecule has 0 unspecified atom stereocenters. The predicted octanol–water partition coefficient (Wildman–Crippen LogP) is 3.18. The zero-order valence-electron chi connectivity index (χ0n) is 17.9.